The predicted molar refractivity (Wildman–Crippen MR) is 128 cm³/mol. The number of carboxylic acids is 1. The van der Waals surface area contributed by atoms with E-state index in [2.05, 4.69) is 11.9 Å². The third kappa shape index (κ3) is 4.11. The lowest BCUT2D eigenvalue weighted by Crippen LogP contribution is -2.32. The second-order valence-electron chi connectivity index (χ2n) is 8.64. The molecular weight excluding hydrogens is 484 g/mol. The third-order valence-electron chi connectivity index (χ3n) is 6.41. The summed E-state index contributed by atoms with van der Waals surface area (Å²) in [4.78, 5) is 52.9. The lowest BCUT2D eigenvalue weighted by molar-refractivity contribution is -0.157. The molecule has 12 nitrogen and oxygen atoms in total. The minimum atomic E-state index is -1.57. The van der Waals surface area contributed by atoms with Crippen molar-refractivity contribution in [1.82, 2.24) is 14.9 Å². The number of aromatic nitrogens is 2. The summed E-state index contributed by atoms with van der Waals surface area (Å²) in [7, 11) is 0. The fourth-order valence-electron chi connectivity index (χ4n) is 4.47. The third-order valence-corrected chi connectivity index (χ3v) is 6.41. The van der Waals surface area contributed by atoms with Gasteiger partial charge in [-0.05, 0) is 29.8 Å². The number of amides is 1. The molecule has 0 saturated carbocycles. The maximum atomic E-state index is 13.3. The van der Waals surface area contributed by atoms with E-state index in [9.17, 15) is 24.3 Å². The molecule has 5 N–H and O–H groups in total. The van der Waals surface area contributed by atoms with E-state index in [1.807, 2.05) is 0 Å². The molecular formula is C25H22N4O8. The molecule has 1 aromatic carbocycles. The molecule has 0 saturated heterocycles. The molecule has 3 aromatic rings. The highest BCUT2D eigenvalue weighted by molar-refractivity contribution is 5.90. The van der Waals surface area contributed by atoms with Crippen LogP contribution < -0.4 is 21.3 Å². The number of carbonyl (C=O) groups excluding carboxylic acids is 2. The quantitative estimate of drug-likeness (QED) is 0.198. The number of aliphatic hydroxyl groups is 1. The standard InChI is InChI=1S/C25H22N4O8/c1-11(24(33)34)9-36-12-2-3-18-13(4-12)15(7-27-20(30)6-26)16-8-29-19(21(16)28-18)5-14-17(23(29)32)10-37-25(35)22(14)31/h2-5,22,31H,1,6-10,26H2,(H,27,30)(H,33,34). The van der Waals surface area contributed by atoms with Crippen LogP contribution >= 0.6 is 0 Å². The Morgan fingerprint density at radius 2 is 2.05 bits per heavy atom. The van der Waals surface area contributed by atoms with E-state index in [-0.39, 0.29) is 55.5 Å². The van der Waals surface area contributed by atoms with Crippen LogP contribution in [0.5, 0.6) is 5.75 Å². The van der Waals surface area contributed by atoms with Gasteiger partial charge in [0.15, 0.2) is 6.10 Å². The number of nitrogens with zero attached hydrogens (tertiary/aromatic N) is 2. The number of pyridine rings is 2. The van der Waals surface area contributed by atoms with Gasteiger partial charge >= 0.3 is 11.9 Å². The van der Waals surface area contributed by atoms with Crippen molar-refractivity contribution in [1.29, 1.82) is 0 Å². The van der Waals surface area contributed by atoms with Crippen molar-refractivity contribution in [3.05, 3.63) is 69.0 Å². The normalized spacial score (nSPS) is 15.4. The first-order valence-electron chi connectivity index (χ1n) is 11.3. The summed E-state index contributed by atoms with van der Waals surface area (Å²) in [6.07, 6.45) is -1.57. The molecule has 12 heteroatoms. The van der Waals surface area contributed by atoms with Gasteiger partial charge in [-0.3, -0.25) is 9.59 Å². The monoisotopic (exact) mass is 506 g/mol. The Hall–Kier alpha value is -4.55. The van der Waals surface area contributed by atoms with Crippen LogP contribution in [-0.4, -0.2) is 50.8 Å². The average molecular weight is 506 g/mol. The smallest absolute Gasteiger partial charge is 0.340 e. The molecule has 2 aliphatic rings. The summed E-state index contributed by atoms with van der Waals surface area (Å²) in [5.74, 6) is -2.02. The molecule has 0 radical (unpaired) electrons. The Labute approximate surface area is 208 Å². The molecule has 0 bridgehead atoms. The van der Waals surface area contributed by atoms with Crippen molar-refractivity contribution in [2.45, 2.75) is 25.8 Å². The number of aliphatic hydroxyl groups excluding tert-OH is 1. The molecule has 37 heavy (non-hydrogen) atoms. The molecule has 0 fully saturated rings. The number of benzene rings is 1. The Morgan fingerprint density at radius 3 is 2.78 bits per heavy atom. The number of nitrogens with one attached hydrogen (secondary N) is 1. The molecule has 2 aromatic heterocycles. The zero-order chi connectivity index (χ0) is 26.4. The van der Waals surface area contributed by atoms with Gasteiger partial charge in [-0.25, -0.2) is 14.6 Å². The summed E-state index contributed by atoms with van der Waals surface area (Å²) in [6.45, 7) is 2.99. The number of hydrogen-bond acceptors (Lipinski definition) is 9. The molecule has 190 valence electrons. The number of carboxylic acid groups (broad SMARTS) is 1. The Morgan fingerprint density at radius 1 is 1.27 bits per heavy atom. The summed E-state index contributed by atoms with van der Waals surface area (Å²) < 4.78 is 12.0. The van der Waals surface area contributed by atoms with Gasteiger partial charge in [-0.2, -0.15) is 0 Å². The van der Waals surface area contributed by atoms with E-state index in [4.69, 9.17) is 25.3 Å². The molecule has 0 aliphatic carbocycles. The zero-order valence-corrected chi connectivity index (χ0v) is 19.4. The topological polar surface area (TPSA) is 183 Å². The van der Waals surface area contributed by atoms with Crippen molar-refractivity contribution in [2.75, 3.05) is 13.2 Å². The van der Waals surface area contributed by atoms with E-state index in [1.54, 1.807) is 24.3 Å². The predicted octanol–water partition coefficient (Wildman–Crippen LogP) is 0.110. The minimum Gasteiger partial charge on any atom is -0.489 e. The average Bonchev–Trinajstić information content (AvgIpc) is 3.25. The molecule has 4 heterocycles. The fourth-order valence-corrected chi connectivity index (χ4v) is 4.47. The van der Waals surface area contributed by atoms with Gasteiger partial charge in [0.1, 0.15) is 19.0 Å². The number of carbonyl (C=O) groups is 3. The van der Waals surface area contributed by atoms with Gasteiger partial charge in [0.2, 0.25) is 5.91 Å². The second-order valence-corrected chi connectivity index (χ2v) is 8.64. The number of cyclic esters (lactones) is 1. The molecule has 1 atom stereocenters. The summed E-state index contributed by atoms with van der Waals surface area (Å²) in [5, 5.41) is 22.7. The van der Waals surface area contributed by atoms with E-state index in [1.165, 1.54) is 4.57 Å². The number of fused-ring (bicyclic) bond motifs is 5. The first kappa shape index (κ1) is 24.2. The van der Waals surface area contributed by atoms with Crippen molar-refractivity contribution >= 4 is 28.7 Å². The van der Waals surface area contributed by atoms with Crippen LogP contribution in [0.15, 0.2) is 41.2 Å². The van der Waals surface area contributed by atoms with E-state index in [0.29, 0.717) is 39.2 Å². The van der Waals surface area contributed by atoms with Gasteiger partial charge < -0.3 is 35.3 Å². The number of rotatable bonds is 7. The summed E-state index contributed by atoms with van der Waals surface area (Å²) in [5.41, 5.74) is 8.06. The Bertz CT molecular complexity index is 1580. The van der Waals surface area contributed by atoms with E-state index >= 15 is 0 Å². The first-order valence-corrected chi connectivity index (χ1v) is 11.3. The van der Waals surface area contributed by atoms with Gasteiger partial charge in [-0.1, -0.05) is 6.58 Å². The lowest BCUT2D eigenvalue weighted by Gasteiger charge is -2.21. The van der Waals surface area contributed by atoms with Gasteiger partial charge in [0.05, 0.1) is 41.1 Å². The van der Waals surface area contributed by atoms with Crippen molar-refractivity contribution in [3.63, 3.8) is 0 Å². The highest BCUT2D eigenvalue weighted by Crippen LogP contribution is 2.38. The Balaban J connectivity index is 1.65. The molecule has 5 rings (SSSR count). The van der Waals surface area contributed by atoms with Gasteiger partial charge in [0, 0.05) is 23.1 Å². The van der Waals surface area contributed by atoms with E-state index < -0.39 is 23.6 Å². The highest BCUT2D eigenvalue weighted by atomic mass is 16.5. The maximum absolute atomic E-state index is 13.3. The lowest BCUT2D eigenvalue weighted by atomic mass is 9.98. The second kappa shape index (κ2) is 9.15. The number of aliphatic carboxylic acids is 1. The zero-order valence-electron chi connectivity index (χ0n) is 19.4. The summed E-state index contributed by atoms with van der Waals surface area (Å²) >= 11 is 0. The SMILES string of the molecule is C=C(COc1ccc2nc3c(c(CNC(=O)CN)c2c1)Cn1c-3cc2c(c1=O)COC(=O)C2O)C(=O)O. The first-order chi connectivity index (χ1) is 17.7. The largest absolute Gasteiger partial charge is 0.489 e. The van der Waals surface area contributed by atoms with Crippen LogP contribution in [0.25, 0.3) is 22.3 Å². The molecule has 1 amide bonds. The van der Waals surface area contributed by atoms with Gasteiger partial charge in [0.25, 0.3) is 5.56 Å². The van der Waals surface area contributed by atoms with E-state index in [0.717, 1.165) is 0 Å². The molecule has 1 unspecified atom stereocenters. The van der Waals surface area contributed by atoms with Crippen molar-refractivity contribution in [3.8, 4) is 17.1 Å². The van der Waals surface area contributed by atoms with Crippen molar-refractivity contribution < 1.29 is 34.1 Å². The maximum Gasteiger partial charge on any atom is 0.340 e. The van der Waals surface area contributed by atoms with Crippen LogP contribution in [0.3, 0.4) is 0 Å². The van der Waals surface area contributed by atoms with Crippen LogP contribution in [0, 0.1) is 0 Å². The van der Waals surface area contributed by atoms with Crippen molar-refractivity contribution in [2.24, 2.45) is 5.73 Å². The van der Waals surface area contributed by atoms with Crippen LogP contribution in [0.4, 0.5) is 0 Å². The highest BCUT2D eigenvalue weighted by Gasteiger charge is 2.34. The van der Waals surface area contributed by atoms with Crippen LogP contribution in [-0.2, 0) is 38.8 Å². The number of hydrogen-bond donors (Lipinski definition) is 4. The fraction of sp³-hybridized carbons (Fsp3) is 0.240. The van der Waals surface area contributed by atoms with Gasteiger partial charge in [-0.15, -0.1) is 0 Å². The number of esters is 1. The molecule has 2 aliphatic heterocycles. The minimum absolute atomic E-state index is 0.0787. The van der Waals surface area contributed by atoms with Crippen LogP contribution in [0.2, 0.25) is 0 Å². The molecule has 0 spiro atoms. The van der Waals surface area contributed by atoms with Crippen LogP contribution in [0.1, 0.15) is 28.4 Å². The number of ether oxygens (including phenoxy) is 2. The number of nitrogens with two attached hydrogens (primary N) is 1. The Kier molecular flexibility index (Phi) is 5.97. The summed E-state index contributed by atoms with van der Waals surface area (Å²) in [6, 6.07) is 6.54.